The lowest BCUT2D eigenvalue weighted by molar-refractivity contribution is -0.121. The SMILES string of the molecule is CC(=O)c1cc(Br)ccc1NC(=O)[C@@H]1CCO[C@H]1C. The minimum atomic E-state index is -0.150. The zero-order chi connectivity index (χ0) is 14.0. The van der Waals surface area contributed by atoms with Crippen molar-refractivity contribution in [3.63, 3.8) is 0 Å². The van der Waals surface area contributed by atoms with E-state index in [0.717, 1.165) is 10.9 Å². The molecule has 1 N–H and O–H groups in total. The van der Waals surface area contributed by atoms with Crippen molar-refractivity contribution < 1.29 is 14.3 Å². The Kier molecular flexibility index (Phi) is 4.37. The van der Waals surface area contributed by atoms with E-state index < -0.39 is 0 Å². The summed E-state index contributed by atoms with van der Waals surface area (Å²) in [4.78, 5) is 23.8. The van der Waals surface area contributed by atoms with Gasteiger partial charge >= 0.3 is 0 Å². The molecule has 0 radical (unpaired) electrons. The van der Waals surface area contributed by atoms with Crippen molar-refractivity contribution >= 4 is 33.3 Å². The number of carbonyl (C=O) groups excluding carboxylic acids is 2. The Labute approximate surface area is 120 Å². The summed E-state index contributed by atoms with van der Waals surface area (Å²) in [5, 5.41) is 2.83. The van der Waals surface area contributed by atoms with Crippen molar-refractivity contribution in [2.24, 2.45) is 5.92 Å². The van der Waals surface area contributed by atoms with Gasteiger partial charge in [0.2, 0.25) is 5.91 Å². The Bertz CT molecular complexity index is 515. The number of hydrogen-bond donors (Lipinski definition) is 1. The lowest BCUT2D eigenvalue weighted by atomic mass is 10.0. The molecular formula is C14H16BrNO3. The van der Waals surface area contributed by atoms with Gasteiger partial charge in [-0.15, -0.1) is 0 Å². The largest absolute Gasteiger partial charge is 0.378 e. The van der Waals surface area contributed by atoms with E-state index in [1.165, 1.54) is 6.92 Å². The van der Waals surface area contributed by atoms with Crippen LogP contribution in [0.1, 0.15) is 30.6 Å². The molecule has 19 heavy (non-hydrogen) atoms. The number of halogens is 1. The normalized spacial score (nSPS) is 22.3. The Morgan fingerprint density at radius 3 is 2.74 bits per heavy atom. The molecule has 0 saturated carbocycles. The number of rotatable bonds is 3. The number of anilines is 1. The van der Waals surface area contributed by atoms with E-state index in [1.54, 1.807) is 18.2 Å². The number of hydrogen-bond acceptors (Lipinski definition) is 3. The number of ketones is 1. The first-order chi connectivity index (χ1) is 8.99. The van der Waals surface area contributed by atoms with Crippen LogP contribution in [-0.2, 0) is 9.53 Å². The van der Waals surface area contributed by atoms with Gasteiger partial charge in [-0.2, -0.15) is 0 Å². The molecule has 5 heteroatoms. The summed E-state index contributed by atoms with van der Waals surface area (Å²) in [6, 6.07) is 5.25. The van der Waals surface area contributed by atoms with Gasteiger partial charge in [-0.3, -0.25) is 9.59 Å². The lowest BCUT2D eigenvalue weighted by Gasteiger charge is -2.15. The van der Waals surface area contributed by atoms with Gasteiger partial charge < -0.3 is 10.1 Å². The number of Topliss-reactive ketones (excluding diaryl/α,β-unsaturated/α-hetero) is 1. The fourth-order valence-electron chi connectivity index (χ4n) is 2.22. The second-order valence-corrected chi connectivity index (χ2v) is 5.62. The average Bonchev–Trinajstić information content (AvgIpc) is 2.77. The molecule has 2 rings (SSSR count). The third-order valence-electron chi connectivity index (χ3n) is 3.33. The Balaban J connectivity index is 2.19. The van der Waals surface area contributed by atoms with E-state index in [4.69, 9.17) is 4.74 Å². The summed E-state index contributed by atoms with van der Waals surface area (Å²) < 4.78 is 6.20. The van der Waals surface area contributed by atoms with Gasteiger partial charge in [0.25, 0.3) is 0 Å². The first-order valence-corrected chi connectivity index (χ1v) is 7.01. The minimum absolute atomic E-state index is 0.0729. The molecule has 0 unspecified atom stereocenters. The van der Waals surface area contributed by atoms with Gasteiger partial charge in [0.15, 0.2) is 5.78 Å². The van der Waals surface area contributed by atoms with Gasteiger partial charge in [0.05, 0.1) is 17.7 Å². The average molecular weight is 326 g/mol. The molecule has 1 fully saturated rings. The van der Waals surface area contributed by atoms with Crippen molar-refractivity contribution in [1.82, 2.24) is 0 Å². The number of benzene rings is 1. The summed E-state index contributed by atoms with van der Waals surface area (Å²) in [7, 11) is 0. The second kappa shape index (κ2) is 5.84. The van der Waals surface area contributed by atoms with E-state index >= 15 is 0 Å². The molecule has 1 aliphatic heterocycles. The highest BCUT2D eigenvalue weighted by molar-refractivity contribution is 9.10. The molecule has 1 aromatic carbocycles. The molecule has 0 spiro atoms. The number of carbonyl (C=O) groups is 2. The maximum absolute atomic E-state index is 12.2. The van der Waals surface area contributed by atoms with Crippen LogP contribution in [-0.4, -0.2) is 24.4 Å². The van der Waals surface area contributed by atoms with Gasteiger partial charge in [-0.25, -0.2) is 0 Å². The van der Waals surface area contributed by atoms with Crippen LogP contribution in [0.2, 0.25) is 0 Å². The highest BCUT2D eigenvalue weighted by Crippen LogP contribution is 2.25. The van der Waals surface area contributed by atoms with E-state index in [2.05, 4.69) is 21.2 Å². The van der Waals surface area contributed by atoms with Gasteiger partial charge in [0.1, 0.15) is 0 Å². The third kappa shape index (κ3) is 3.22. The first kappa shape index (κ1) is 14.2. The van der Waals surface area contributed by atoms with Crippen molar-refractivity contribution in [2.45, 2.75) is 26.4 Å². The van der Waals surface area contributed by atoms with Crippen molar-refractivity contribution in [2.75, 3.05) is 11.9 Å². The smallest absolute Gasteiger partial charge is 0.230 e. The van der Waals surface area contributed by atoms with Crippen molar-refractivity contribution in [3.05, 3.63) is 28.2 Å². The van der Waals surface area contributed by atoms with E-state index in [0.29, 0.717) is 17.9 Å². The Hall–Kier alpha value is -1.20. The van der Waals surface area contributed by atoms with Crippen LogP contribution >= 0.6 is 15.9 Å². The molecule has 102 valence electrons. The number of nitrogens with one attached hydrogen (secondary N) is 1. The summed E-state index contributed by atoms with van der Waals surface area (Å²) in [5.41, 5.74) is 1.06. The Morgan fingerprint density at radius 1 is 1.42 bits per heavy atom. The molecular weight excluding hydrogens is 310 g/mol. The monoisotopic (exact) mass is 325 g/mol. The molecule has 1 saturated heterocycles. The first-order valence-electron chi connectivity index (χ1n) is 6.22. The molecule has 0 bridgehead atoms. The fraction of sp³-hybridized carbons (Fsp3) is 0.429. The Morgan fingerprint density at radius 2 is 2.16 bits per heavy atom. The highest BCUT2D eigenvalue weighted by atomic mass is 79.9. The van der Waals surface area contributed by atoms with Crippen LogP contribution in [0.5, 0.6) is 0 Å². The van der Waals surface area contributed by atoms with E-state index in [1.807, 2.05) is 6.92 Å². The maximum atomic E-state index is 12.2. The zero-order valence-electron chi connectivity index (χ0n) is 10.9. The summed E-state index contributed by atoms with van der Waals surface area (Å²) in [6.45, 7) is 3.99. The summed E-state index contributed by atoms with van der Waals surface area (Å²) >= 11 is 3.32. The van der Waals surface area contributed by atoms with Crippen LogP contribution in [0.15, 0.2) is 22.7 Å². The quantitative estimate of drug-likeness (QED) is 0.869. The second-order valence-electron chi connectivity index (χ2n) is 4.71. The summed E-state index contributed by atoms with van der Waals surface area (Å²) in [6.07, 6.45) is 0.648. The molecule has 0 aromatic heterocycles. The molecule has 1 aromatic rings. The lowest BCUT2D eigenvalue weighted by Crippen LogP contribution is -2.28. The van der Waals surface area contributed by atoms with Crippen molar-refractivity contribution in [1.29, 1.82) is 0 Å². The highest BCUT2D eigenvalue weighted by Gasteiger charge is 2.31. The third-order valence-corrected chi connectivity index (χ3v) is 3.83. The van der Waals surface area contributed by atoms with Gasteiger partial charge in [-0.1, -0.05) is 15.9 Å². The van der Waals surface area contributed by atoms with Crippen LogP contribution in [0.4, 0.5) is 5.69 Å². The number of amides is 1. The van der Waals surface area contributed by atoms with Crippen LogP contribution in [0.3, 0.4) is 0 Å². The van der Waals surface area contributed by atoms with Gasteiger partial charge in [-0.05, 0) is 38.5 Å². The zero-order valence-corrected chi connectivity index (χ0v) is 12.5. The predicted molar refractivity (Wildman–Crippen MR) is 76.3 cm³/mol. The molecule has 4 nitrogen and oxygen atoms in total. The minimum Gasteiger partial charge on any atom is -0.378 e. The molecule has 1 aliphatic rings. The van der Waals surface area contributed by atoms with Crippen molar-refractivity contribution in [3.8, 4) is 0 Å². The van der Waals surface area contributed by atoms with Crippen LogP contribution in [0, 0.1) is 5.92 Å². The van der Waals surface area contributed by atoms with Gasteiger partial charge in [0, 0.05) is 16.6 Å². The molecule has 0 aliphatic carbocycles. The van der Waals surface area contributed by atoms with E-state index in [9.17, 15) is 9.59 Å². The molecule has 1 heterocycles. The fourth-order valence-corrected chi connectivity index (χ4v) is 2.58. The maximum Gasteiger partial charge on any atom is 0.230 e. The molecule has 1 amide bonds. The number of ether oxygens (including phenoxy) is 1. The molecule has 2 atom stereocenters. The van der Waals surface area contributed by atoms with E-state index in [-0.39, 0.29) is 23.7 Å². The van der Waals surface area contributed by atoms with Crippen LogP contribution in [0.25, 0.3) is 0 Å². The van der Waals surface area contributed by atoms with Crippen LogP contribution < -0.4 is 5.32 Å². The predicted octanol–water partition coefficient (Wildman–Crippen LogP) is 3.02. The summed E-state index contributed by atoms with van der Waals surface area (Å²) in [5.74, 6) is -0.314. The standard InChI is InChI=1S/C14H16BrNO3/c1-8(17)12-7-10(15)3-4-13(12)16-14(18)11-5-6-19-9(11)2/h3-4,7,9,11H,5-6H2,1-2H3,(H,16,18)/t9-,11+/m0/s1. The topological polar surface area (TPSA) is 55.4 Å².